The highest BCUT2D eigenvalue weighted by Crippen LogP contribution is 2.34. The van der Waals surface area contributed by atoms with Gasteiger partial charge in [0, 0.05) is 30.9 Å². The summed E-state index contributed by atoms with van der Waals surface area (Å²) in [6, 6.07) is 4.05. The third kappa shape index (κ3) is 4.26. The van der Waals surface area contributed by atoms with Gasteiger partial charge in [-0.05, 0) is 43.5 Å². The van der Waals surface area contributed by atoms with Crippen LogP contribution in [0.1, 0.15) is 61.9 Å². The molecule has 1 aromatic carbocycles. The number of ether oxygens (including phenoxy) is 2. The number of hydrogen-bond acceptors (Lipinski definition) is 5. The maximum absolute atomic E-state index is 12.9. The van der Waals surface area contributed by atoms with Crippen LogP contribution in [-0.2, 0) is 18.4 Å². The van der Waals surface area contributed by atoms with Crippen LogP contribution in [0.3, 0.4) is 0 Å². The van der Waals surface area contributed by atoms with Crippen molar-refractivity contribution in [1.29, 1.82) is 0 Å². The number of benzene rings is 1. The number of carbonyl (C=O) groups is 1. The molecule has 28 heavy (non-hydrogen) atoms. The quantitative estimate of drug-likeness (QED) is 0.786. The monoisotopic (exact) mass is 383 g/mol. The van der Waals surface area contributed by atoms with Crippen molar-refractivity contribution < 1.29 is 14.3 Å². The van der Waals surface area contributed by atoms with Crippen LogP contribution in [0.4, 0.5) is 0 Å². The van der Waals surface area contributed by atoms with E-state index in [2.05, 4.69) is 30.7 Å². The van der Waals surface area contributed by atoms with Crippen LogP contribution in [0.2, 0.25) is 0 Å². The van der Waals surface area contributed by atoms with E-state index in [9.17, 15) is 4.79 Å². The molecule has 6 heteroatoms. The molecule has 150 valence electrons. The minimum absolute atomic E-state index is 0.0436. The summed E-state index contributed by atoms with van der Waals surface area (Å²) in [4.78, 5) is 23.6. The van der Waals surface area contributed by atoms with Gasteiger partial charge in [0.2, 0.25) is 0 Å². The second kappa shape index (κ2) is 8.17. The zero-order valence-electron chi connectivity index (χ0n) is 17.4. The van der Waals surface area contributed by atoms with Crippen molar-refractivity contribution in [2.24, 2.45) is 0 Å². The van der Waals surface area contributed by atoms with Crippen LogP contribution in [0, 0.1) is 0 Å². The summed E-state index contributed by atoms with van der Waals surface area (Å²) in [6.07, 6.45) is 4.05. The van der Waals surface area contributed by atoms with E-state index in [4.69, 9.17) is 9.47 Å². The molecule has 1 aliphatic heterocycles. The number of nitrogens with zero attached hydrogens (tertiary/aromatic N) is 3. The van der Waals surface area contributed by atoms with E-state index in [1.54, 1.807) is 12.4 Å². The molecule has 0 unspecified atom stereocenters. The summed E-state index contributed by atoms with van der Waals surface area (Å²) < 4.78 is 11.4. The Morgan fingerprint density at radius 2 is 1.61 bits per heavy atom. The maximum Gasteiger partial charge on any atom is 0.257 e. The third-order valence-corrected chi connectivity index (χ3v) is 4.73. The van der Waals surface area contributed by atoms with Gasteiger partial charge >= 0.3 is 0 Å². The van der Waals surface area contributed by atoms with Gasteiger partial charge < -0.3 is 14.4 Å². The summed E-state index contributed by atoms with van der Waals surface area (Å²) in [6.45, 7) is 12.4. The summed E-state index contributed by atoms with van der Waals surface area (Å²) in [5, 5.41) is 0. The number of aromatic nitrogens is 2. The first kappa shape index (κ1) is 20.1. The molecule has 0 fully saturated rings. The zero-order chi connectivity index (χ0) is 20.3. The van der Waals surface area contributed by atoms with E-state index in [0.29, 0.717) is 31.9 Å². The Bertz CT molecular complexity index is 841. The fraction of sp³-hybridized carbons (Fsp3) is 0.500. The van der Waals surface area contributed by atoms with Crippen molar-refractivity contribution in [1.82, 2.24) is 14.9 Å². The molecule has 1 aliphatic rings. The lowest BCUT2D eigenvalue weighted by molar-refractivity contribution is 0.0733. The fourth-order valence-corrected chi connectivity index (χ4v) is 3.28. The summed E-state index contributed by atoms with van der Waals surface area (Å²) in [7, 11) is 0. The van der Waals surface area contributed by atoms with E-state index in [1.807, 2.05) is 30.9 Å². The van der Waals surface area contributed by atoms with E-state index < -0.39 is 0 Å². The molecule has 0 bridgehead atoms. The van der Waals surface area contributed by atoms with Crippen molar-refractivity contribution in [3.05, 3.63) is 47.0 Å². The van der Waals surface area contributed by atoms with Crippen LogP contribution in [0.25, 0.3) is 0 Å². The van der Waals surface area contributed by atoms with Crippen LogP contribution >= 0.6 is 0 Å². The standard InChI is InChI=1S/C22H29N3O3/c1-6-27-18-10-15-8-9-25(14-16(15)11-19(18)28-7-2)20(26)17-12-23-21(24-13-17)22(3,4)5/h10-13H,6-9,14H2,1-5H3. The molecule has 0 N–H and O–H groups in total. The minimum atomic E-state index is -0.139. The smallest absolute Gasteiger partial charge is 0.257 e. The summed E-state index contributed by atoms with van der Waals surface area (Å²) in [5.41, 5.74) is 2.68. The largest absolute Gasteiger partial charge is 0.490 e. The van der Waals surface area contributed by atoms with Crippen molar-refractivity contribution in [3.63, 3.8) is 0 Å². The Hall–Kier alpha value is -2.63. The van der Waals surface area contributed by atoms with Crippen molar-refractivity contribution in [2.45, 2.75) is 53.0 Å². The lowest BCUT2D eigenvalue weighted by atomic mass is 9.95. The van der Waals surface area contributed by atoms with E-state index in [-0.39, 0.29) is 11.3 Å². The number of rotatable bonds is 5. The molecule has 2 aromatic rings. The molecule has 0 spiro atoms. The SMILES string of the molecule is CCOc1cc2c(cc1OCC)CN(C(=O)c1cnc(C(C)(C)C)nc1)CC2. The van der Waals surface area contributed by atoms with Gasteiger partial charge in [0.1, 0.15) is 5.82 Å². The van der Waals surface area contributed by atoms with Gasteiger partial charge in [0.25, 0.3) is 5.91 Å². The Morgan fingerprint density at radius 1 is 1.04 bits per heavy atom. The second-order valence-corrected chi connectivity index (χ2v) is 7.96. The predicted molar refractivity (Wildman–Crippen MR) is 108 cm³/mol. The number of fused-ring (bicyclic) bond motifs is 1. The van der Waals surface area contributed by atoms with Gasteiger partial charge in [0.05, 0.1) is 18.8 Å². The van der Waals surface area contributed by atoms with Gasteiger partial charge in [-0.3, -0.25) is 4.79 Å². The fourth-order valence-electron chi connectivity index (χ4n) is 3.28. The Morgan fingerprint density at radius 3 is 2.14 bits per heavy atom. The van der Waals surface area contributed by atoms with Crippen LogP contribution in [0.15, 0.2) is 24.5 Å². The average Bonchev–Trinajstić information content (AvgIpc) is 2.67. The molecule has 0 saturated heterocycles. The van der Waals surface area contributed by atoms with Crippen LogP contribution < -0.4 is 9.47 Å². The van der Waals surface area contributed by atoms with Crippen LogP contribution in [-0.4, -0.2) is 40.5 Å². The molecule has 0 aliphatic carbocycles. The lowest BCUT2D eigenvalue weighted by Crippen LogP contribution is -2.36. The Balaban J connectivity index is 1.80. The zero-order valence-corrected chi connectivity index (χ0v) is 17.4. The van der Waals surface area contributed by atoms with Crippen molar-refractivity contribution in [3.8, 4) is 11.5 Å². The minimum Gasteiger partial charge on any atom is -0.490 e. The highest BCUT2D eigenvalue weighted by atomic mass is 16.5. The van der Waals surface area contributed by atoms with Gasteiger partial charge in [0.15, 0.2) is 11.5 Å². The molecule has 3 rings (SSSR count). The first-order chi connectivity index (χ1) is 13.3. The number of hydrogen-bond donors (Lipinski definition) is 0. The molecule has 0 atom stereocenters. The molecule has 0 radical (unpaired) electrons. The van der Waals surface area contributed by atoms with Gasteiger partial charge in [-0.2, -0.15) is 0 Å². The molecule has 2 heterocycles. The van der Waals surface area contributed by atoms with Crippen LogP contribution in [0.5, 0.6) is 11.5 Å². The number of carbonyl (C=O) groups excluding carboxylic acids is 1. The normalized spacial score (nSPS) is 13.8. The maximum atomic E-state index is 12.9. The Kier molecular flexibility index (Phi) is 5.87. The van der Waals surface area contributed by atoms with Gasteiger partial charge in [-0.1, -0.05) is 20.8 Å². The molecule has 1 amide bonds. The highest BCUT2D eigenvalue weighted by molar-refractivity contribution is 5.93. The van der Waals surface area contributed by atoms with E-state index in [1.165, 1.54) is 5.56 Å². The second-order valence-electron chi connectivity index (χ2n) is 7.96. The van der Waals surface area contributed by atoms with Crippen molar-refractivity contribution >= 4 is 5.91 Å². The average molecular weight is 383 g/mol. The third-order valence-electron chi connectivity index (χ3n) is 4.73. The van der Waals surface area contributed by atoms with E-state index >= 15 is 0 Å². The Labute approximate surface area is 166 Å². The van der Waals surface area contributed by atoms with Gasteiger partial charge in [-0.25, -0.2) is 9.97 Å². The summed E-state index contributed by atoms with van der Waals surface area (Å²) >= 11 is 0. The van der Waals surface area contributed by atoms with E-state index in [0.717, 1.165) is 29.3 Å². The lowest BCUT2D eigenvalue weighted by Gasteiger charge is -2.30. The molecule has 1 aromatic heterocycles. The number of amides is 1. The molecule has 0 saturated carbocycles. The molecular formula is C22H29N3O3. The van der Waals surface area contributed by atoms with Gasteiger partial charge in [-0.15, -0.1) is 0 Å². The molecule has 6 nitrogen and oxygen atoms in total. The van der Waals surface area contributed by atoms with Crippen molar-refractivity contribution in [2.75, 3.05) is 19.8 Å². The first-order valence-corrected chi connectivity index (χ1v) is 9.86. The summed E-state index contributed by atoms with van der Waals surface area (Å²) in [5.74, 6) is 2.19. The topological polar surface area (TPSA) is 64.6 Å². The first-order valence-electron chi connectivity index (χ1n) is 9.86. The predicted octanol–water partition coefficient (Wildman–Crippen LogP) is 3.77. The molecular weight excluding hydrogens is 354 g/mol. The highest BCUT2D eigenvalue weighted by Gasteiger charge is 2.25.